The smallest absolute Gasteiger partial charge is 0.135 e. The van der Waals surface area contributed by atoms with Crippen LogP contribution in [0.15, 0.2) is 12.1 Å². The average Bonchev–Trinajstić information content (AvgIpc) is 2.29. The van der Waals surface area contributed by atoms with Crippen molar-refractivity contribution in [3.05, 3.63) is 28.0 Å². The standard InChI is InChI=1S/C11H15Cl2N3.2ClH/c1-8(16-6-4-14-5-7-16)9-2-3-10(12)15-11(9)13;;/h2-3,8,14H,4-7H2,1H3;2*1H/t8-;;/m0../s1. The largest absolute Gasteiger partial charge is 0.314 e. The van der Waals surface area contributed by atoms with Crippen LogP contribution < -0.4 is 5.32 Å². The van der Waals surface area contributed by atoms with Gasteiger partial charge in [-0.3, -0.25) is 4.90 Å². The number of piperazine rings is 1. The second-order valence-electron chi connectivity index (χ2n) is 3.98. The molecule has 1 fully saturated rings. The molecule has 1 atom stereocenters. The minimum atomic E-state index is 0. The lowest BCUT2D eigenvalue weighted by Crippen LogP contribution is -2.44. The van der Waals surface area contributed by atoms with E-state index in [0.29, 0.717) is 16.3 Å². The van der Waals surface area contributed by atoms with Gasteiger partial charge in [-0.15, -0.1) is 24.8 Å². The SMILES string of the molecule is C[C@@H](c1ccc(Cl)nc1Cl)N1CCNCC1.Cl.Cl. The Morgan fingerprint density at radius 1 is 1.22 bits per heavy atom. The molecule has 104 valence electrons. The minimum Gasteiger partial charge on any atom is -0.314 e. The van der Waals surface area contributed by atoms with Gasteiger partial charge in [-0.25, -0.2) is 4.98 Å². The Morgan fingerprint density at radius 3 is 2.39 bits per heavy atom. The fourth-order valence-electron chi connectivity index (χ4n) is 2.00. The summed E-state index contributed by atoms with van der Waals surface area (Å²) in [6, 6.07) is 4.05. The van der Waals surface area contributed by atoms with Crippen LogP contribution in [0, 0.1) is 0 Å². The van der Waals surface area contributed by atoms with E-state index in [9.17, 15) is 0 Å². The third kappa shape index (κ3) is 4.41. The van der Waals surface area contributed by atoms with Crippen molar-refractivity contribution in [2.75, 3.05) is 26.2 Å². The molecule has 1 aromatic rings. The van der Waals surface area contributed by atoms with Crippen LogP contribution in [0.5, 0.6) is 0 Å². The molecule has 2 heterocycles. The van der Waals surface area contributed by atoms with Crippen LogP contribution in [-0.4, -0.2) is 36.1 Å². The Balaban J connectivity index is 0.00000144. The van der Waals surface area contributed by atoms with Crippen molar-refractivity contribution >= 4 is 48.0 Å². The highest BCUT2D eigenvalue weighted by atomic mass is 35.5. The number of pyridine rings is 1. The Labute approximate surface area is 130 Å². The van der Waals surface area contributed by atoms with Crippen LogP contribution in [0.2, 0.25) is 10.3 Å². The third-order valence-corrected chi connectivity index (χ3v) is 3.51. The number of hydrogen-bond acceptors (Lipinski definition) is 3. The summed E-state index contributed by atoms with van der Waals surface area (Å²) in [5.74, 6) is 0. The molecule has 0 radical (unpaired) electrons. The maximum Gasteiger partial charge on any atom is 0.135 e. The van der Waals surface area contributed by atoms with Gasteiger partial charge in [0.05, 0.1) is 0 Å². The highest BCUT2D eigenvalue weighted by molar-refractivity contribution is 6.32. The average molecular weight is 333 g/mol. The zero-order valence-electron chi connectivity index (χ0n) is 10.0. The summed E-state index contributed by atoms with van der Waals surface area (Å²) in [6.07, 6.45) is 0. The van der Waals surface area contributed by atoms with Crippen molar-refractivity contribution in [3.8, 4) is 0 Å². The molecular weight excluding hydrogens is 316 g/mol. The van der Waals surface area contributed by atoms with Gasteiger partial charge in [0.2, 0.25) is 0 Å². The lowest BCUT2D eigenvalue weighted by molar-refractivity contribution is 0.185. The molecule has 7 heteroatoms. The summed E-state index contributed by atoms with van der Waals surface area (Å²) < 4.78 is 0. The summed E-state index contributed by atoms with van der Waals surface area (Å²) in [6.45, 7) is 6.30. The maximum atomic E-state index is 6.11. The number of aromatic nitrogens is 1. The van der Waals surface area contributed by atoms with Gasteiger partial charge in [-0.2, -0.15) is 0 Å². The third-order valence-electron chi connectivity index (χ3n) is 2.99. The van der Waals surface area contributed by atoms with Gasteiger partial charge in [0.25, 0.3) is 0 Å². The summed E-state index contributed by atoms with van der Waals surface area (Å²) in [5.41, 5.74) is 1.05. The molecule has 18 heavy (non-hydrogen) atoms. The highest BCUT2D eigenvalue weighted by Gasteiger charge is 2.20. The lowest BCUT2D eigenvalue weighted by atomic mass is 10.1. The number of halogens is 4. The Morgan fingerprint density at radius 2 is 1.83 bits per heavy atom. The first kappa shape index (κ1) is 18.2. The van der Waals surface area contributed by atoms with Gasteiger partial charge in [-0.1, -0.05) is 29.3 Å². The summed E-state index contributed by atoms with van der Waals surface area (Å²) in [4.78, 5) is 6.47. The van der Waals surface area contributed by atoms with Gasteiger partial charge < -0.3 is 5.32 Å². The number of nitrogens with zero attached hydrogens (tertiary/aromatic N) is 2. The van der Waals surface area contributed by atoms with Gasteiger partial charge in [-0.05, 0) is 13.0 Å². The first-order chi connectivity index (χ1) is 7.68. The molecule has 0 saturated carbocycles. The molecule has 1 aliphatic heterocycles. The predicted molar refractivity (Wildman–Crippen MR) is 81.6 cm³/mol. The molecule has 0 bridgehead atoms. The van der Waals surface area contributed by atoms with E-state index in [4.69, 9.17) is 23.2 Å². The van der Waals surface area contributed by atoms with Crippen LogP contribution in [0.25, 0.3) is 0 Å². The van der Waals surface area contributed by atoms with E-state index in [2.05, 4.69) is 22.1 Å². The second kappa shape index (κ2) is 8.41. The molecule has 1 saturated heterocycles. The summed E-state index contributed by atoms with van der Waals surface area (Å²) in [7, 11) is 0. The summed E-state index contributed by atoms with van der Waals surface area (Å²) in [5, 5.41) is 4.29. The molecular formula is C11H17Cl4N3. The van der Waals surface area contributed by atoms with Gasteiger partial charge in [0, 0.05) is 37.8 Å². The van der Waals surface area contributed by atoms with E-state index in [1.54, 1.807) is 6.07 Å². The normalized spacial score (nSPS) is 17.5. The van der Waals surface area contributed by atoms with E-state index in [1.165, 1.54) is 0 Å². The van der Waals surface area contributed by atoms with Crippen LogP contribution in [-0.2, 0) is 0 Å². The topological polar surface area (TPSA) is 28.2 Å². The van der Waals surface area contributed by atoms with E-state index < -0.39 is 0 Å². The van der Waals surface area contributed by atoms with Gasteiger partial charge in [0.1, 0.15) is 10.3 Å². The van der Waals surface area contributed by atoms with Gasteiger partial charge in [0.15, 0.2) is 0 Å². The second-order valence-corrected chi connectivity index (χ2v) is 4.72. The molecule has 0 spiro atoms. The predicted octanol–water partition coefficient (Wildman–Crippen LogP) is 3.20. The minimum absolute atomic E-state index is 0. The highest BCUT2D eigenvalue weighted by Crippen LogP contribution is 2.27. The molecule has 3 nitrogen and oxygen atoms in total. The first-order valence-corrected chi connectivity index (χ1v) is 6.21. The van der Waals surface area contributed by atoms with Crippen LogP contribution in [0.3, 0.4) is 0 Å². The Bertz CT molecular complexity index is 369. The monoisotopic (exact) mass is 331 g/mol. The molecule has 0 aliphatic carbocycles. The van der Waals surface area contributed by atoms with Crippen molar-refractivity contribution in [2.45, 2.75) is 13.0 Å². The van der Waals surface area contributed by atoms with Crippen molar-refractivity contribution in [1.82, 2.24) is 15.2 Å². The van der Waals surface area contributed by atoms with Crippen LogP contribution in [0.1, 0.15) is 18.5 Å². The van der Waals surface area contributed by atoms with Crippen LogP contribution in [0.4, 0.5) is 0 Å². The van der Waals surface area contributed by atoms with E-state index in [-0.39, 0.29) is 24.8 Å². The Hall–Kier alpha value is 0.230. The van der Waals surface area contributed by atoms with E-state index in [0.717, 1.165) is 31.7 Å². The van der Waals surface area contributed by atoms with Crippen molar-refractivity contribution in [1.29, 1.82) is 0 Å². The zero-order chi connectivity index (χ0) is 11.5. The molecule has 1 N–H and O–H groups in total. The molecule has 0 aromatic carbocycles. The number of nitrogens with one attached hydrogen (secondary N) is 1. The maximum absolute atomic E-state index is 6.11. The van der Waals surface area contributed by atoms with Crippen molar-refractivity contribution in [3.63, 3.8) is 0 Å². The van der Waals surface area contributed by atoms with Crippen molar-refractivity contribution < 1.29 is 0 Å². The Kier molecular flexibility index (Phi) is 8.52. The quantitative estimate of drug-likeness (QED) is 0.843. The van der Waals surface area contributed by atoms with Crippen LogP contribution >= 0.6 is 48.0 Å². The fraction of sp³-hybridized carbons (Fsp3) is 0.545. The zero-order valence-corrected chi connectivity index (χ0v) is 13.2. The molecule has 2 rings (SSSR count). The van der Waals surface area contributed by atoms with Gasteiger partial charge >= 0.3 is 0 Å². The number of rotatable bonds is 2. The first-order valence-electron chi connectivity index (χ1n) is 5.45. The molecule has 0 unspecified atom stereocenters. The molecule has 0 amide bonds. The fourth-order valence-corrected chi connectivity index (χ4v) is 2.50. The number of hydrogen-bond donors (Lipinski definition) is 1. The lowest BCUT2D eigenvalue weighted by Gasteiger charge is -2.33. The molecule has 1 aliphatic rings. The molecule has 1 aromatic heterocycles. The summed E-state index contributed by atoms with van der Waals surface area (Å²) >= 11 is 11.9. The van der Waals surface area contributed by atoms with E-state index in [1.807, 2.05) is 6.07 Å². The van der Waals surface area contributed by atoms with Crippen molar-refractivity contribution in [2.24, 2.45) is 0 Å². The van der Waals surface area contributed by atoms with E-state index >= 15 is 0 Å².